The molecule has 8 nitrogen and oxygen atoms in total. The molecule has 1 fully saturated rings. The van der Waals surface area contributed by atoms with Gasteiger partial charge in [0.25, 0.3) is 10.9 Å². The van der Waals surface area contributed by atoms with Gasteiger partial charge >= 0.3 is 5.97 Å². The topological polar surface area (TPSA) is 112 Å². The minimum absolute atomic E-state index is 0.0603. The quantitative estimate of drug-likeness (QED) is 0.153. The second-order valence-electron chi connectivity index (χ2n) is 10.5. The van der Waals surface area contributed by atoms with Gasteiger partial charge < -0.3 is 20.6 Å². The summed E-state index contributed by atoms with van der Waals surface area (Å²) in [5.41, 5.74) is 2.21. The van der Waals surface area contributed by atoms with Crippen LogP contribution in [0.3, 0.4) is 0 Å². The number of rotatable bonds is 8. The molecule has 5 aromatic rings. The van der Waals surface area contributed by atoms with Crippen LogP contribution in [-0.2, 0) is 4.79 Å². The fourth-order valence-electron chi connectivity index (χ4n) is 5.39. The average molecular weight is 559 g/mol. The monoisotopic (exact) mass is 558 g/mol. The van der Waals surface area contributed by atoms with E-state index < -0.39 is 16.8 Å². The molecule has 42 heavy (non-hydrogen) atoms. The summed E-state index contributed by atoms with van der Waals surface area (Å²) in [7, 11) is 0. The third-order valence-electron chi connectivity index (χ3n) is 7.59. The lowest BCUT2D eigenvalue weighted by Crippen LogP contribution is -2.43. The Bertz CT molecular complexity index is 1850. The van der Waals surface area contributed by atoms with Crippen LogP contribution in [0.4, 0.5) is 22.9 Å². The number of fused-ring (bicyclic) bond motifs is 1. The average Bonchev–Trinajstić information content (AvgIpc) is 3.30. The number of benzene rings is 3. The maximum atomic E-state index is 12.4. The van der Waals surface area contributed by atoms with Gasteiger partial charge in [-0.2, -0.15) is 0 Å². The van der Waals surface area contributed by atoms with Crippen LogP contribution in [0.25, 0.3) is 28.1 Å². The third-order valence-corrected chi connectivity index (χ3v) is 7.59. The molecule has 0 unspecified atom stereocenters. The second-order valence-corrected chi connectivity index (χ2v) is 10.5. The van der Waals surface area contributed by atoms with Gasteiger partial charge in [-0.25, -0.2) is 9.78 Å². The zero-order chi connectivity index (χ0) is 29.1. The van der Waals surface area contributed by atoms with Crippen molar-refractivity contribution in [3.8, 4) is 11.3 Å². The van der Waals surface area contributed by atoms with Gasteiger partial charge in [-0.1, -0.05) is 79.6 Å². The number of carboxylic acids is 1. The molecule has 0 bridgehead atoms. The molecule has 0 aliphatic carbocycles. The van der Waals surface area contributed by atoms with Crippen molar-refractivity contribution in [1.82, 2.24) is 4.98 Å². The van der Waals surface area contributed by atoms with Crippen LogP contribution in [0, 0.1) is 0 Å². The van der Waals surface area contributed by atoms with E-state index in [1.54, 1.807) is 12.1 Å². The van der Waals surface area contributed by atoms with Gasteiger partial charge in [-0.05, 0) is 48.1 Å². The molecule has 210 valence electrons. The van der Waals surface area contributed by atoms with E-state index >= 15 is 0 Å². The summed E-state index contributed by atoms with van der Waals surface area (Å²) in [6.07, 6.45) is 5.47. The van der Waals surface area contributed by atoms with Crippen molar-refractivity contribution in [2.45, 2.75) is 25.7 Å². The van der Waals surface area contributed by atoms with Gasteiger partial charge in [0.2, 0.25) is 0 Å². The summed E-state index contributed by atoms with van der Waals surface area (Å²) >= 11 is 0. The SMILES string of the molecule is O=C(O)C(=Cc1ccc(Nc2nc(-c3ccccc3)cc3ccccc23)cc1)Nc1c(N2CCCCCC2)c(=O)c1=O. The molecule has 1 aromatic heterocycles. The van der Waals surface area contributed by atoms with Gasteiger partial charge in [0.1, 0.15) is 22.9 Å². The van der Waals surface area contributed by atoms with E-state index in [2.05, 4.69) is 22.8 Å². The molecular formula is C34H30N4O4. The van der Waals surface area contributed by atoms with Gasteiger partial charge in [0.15, 0.2) is 0 Å². The van der Waals surface area contributed by atoms with Crippen LogP contribution < -0.4 is 26.4 Å². The fraction of sp³-hybridized carbons (Fsp3) is 0.176. The highest BCUT2D eigenvalue weighted by Crippen LogP contribution is 2.30. The number of carboxylic acid groups (broad SMARTS) is 1. The highest BCUT2D eigenvalue weighted by molar-refractivity contribution is 5.98. The fourth-order valence-corrected chi connectivity index (χ4v) is 5.39. The maximum absolute atomic E-state index is 12.4. The Hall–Kier alpha value is -5.24. The third kappa shape index (κ3) is 5.51. The van der Waals surface area contributed by atoms with E-state index in [1.165, 1.54) is 6.08 Å². The van der Waals surface area contributed by atoms with Crippen molar-refractivity contribution in [2.75, 3.05) is 28.6 Å². The summed E-state index contributed by atoms with van der Waals surface area (Å²) in [5, 5.41) is 18.1. The van der Waals surface area contributed by atoms with E-state index in [1.807, 2.05) is 65.6 Å². The molecule has 0 amide bonds. The number of nitrogens with one attached hydrogen (secondary N) is 2. The molecular weight excluding hydrogens is 528 g/mol. The number of pyridine rings is 1. The molecule has 2 heterocycles. The number of aliphatic carboxylic acids is 1. The van der Waals surface area contributed by atoms with Crippen LogP contribution in [0.5, 0.6) is 0 Å². The molecule has 0 spiro atoms. The lowest BCUT2D eigenvalue weighted by molar-refractivity contribution is -0.132. The second kappa shape index (κ2) is 11.7. The van der Waals surface area contributed by atoms with Crippen molar-refractivity contribution in [3.63, 3.8) is 0 Å². The largest absolute Gasteiger partial charge is 0.477 e. The van der Waals surface area contributed by atoms with Crippen molar-refractivity contribution >= 4 is 45.7 Å². The predicted octanol–water partition coefficient (Wildman–Crippen LogP) is 6.16. The van der Waals surface area contributed by atoms with Crippen LogP contribution >= 0.6 is 0 Å². The van der Waals surface area contributed by atoms with E-state index in [0.29, 0.717) is 30.2 Å². The number of anilines is 4. The molecule has 0 saturated carbocycles. The van der Waals surface area contributed by atoms with Crippen LogP contribution in [-0.4, -0.2) is 29.1 Å². The maximum Gasteiger partial charge on any atom is 0.352 e. The summed E-state index contributed by atoms with van der Waals surface area (Å²) in [5.74, 6) is -0.509. The highest BCUT2D eigenvalue weighted by Gasteiger charge is 2.28. The number of nitrogens with zero attached hydrogens (tertiary/aromatic N) is 2. The minimum atomic E-state index is -1.22. The minimum Gasteiger partial charge on any atom is -0.477 e. The first-order valence-corrected chi connectivity index (χ1v) is 14.1. The Morgan fingerprint density at radius 1 is 0.833 bits per heavy atom. The van der Waals surface area contributed by atoms with E-state index in [4.69, 9.17) is 4.98 Å². The number of hydrogen-bond acceptors (Lipinski definition) is 7. The van der Waals surface area contributed by atoms with Gasteiger partial charge in [0.05, 0.1) is 5.69 Å². The van der Waals surface area contributed by atoms with Crippen LogP contribution in [0.15, 0.2) is 100 Å². The van der Waals surface area contributed by atoms with E-state index in [-0.39, 0.29) is 11.4 Å². The number of hydrogen-bond donors (Lipinski definition) is 3. The normalized spacial score (nSPS) is 14.1. The summed E-state index contributed by atoms with van der Waals surface area (Å²) < 4.78 is 0. The van der Waals surface area contributed by atoms with E-state index in [9.17, 15) is 19.5 Å². The Morgan fingerprint density at radius 2 is 1.52 bits per heavy atom. The van der Waals surface area contributed by atoms with E-state index in [0.717, 1.165) is 53.4 Å². The molecule has 1 aliphatic rings. The first kappa shape index (κ1) is 27.0. The molecule has 8 heteroatoms. The van der Waals surface area contributed by atoms with Gasteiger partial charge in [0, 0.05) is 29.7 Å². The molecule has 4 aromatic carbocycles. The summed E-state index contributed by atoms with van der Waals surface area (Å²) in [6.45, 7) is 1.36. The molecule has 1 saturated heterocycles. The summed E-state index contributed by atoms with van der Waals surface area (Å²) in [6, 6.07) is 27.4. The smallest absolute Gasteiger partial charge is 0.352 e. The first-order valence-electron chi connectivity index (χ1n) is 14.1. The van der Waals surface area contributed by atoms with Gasteiger partial charge in [-0.15, -0.1) is 0 Å². The Labute approximate surface area is 242 Å². The molecule has 3 N–H and O–H groups in total. The zero-order valence-corrected chi connectivity index (χ0v) is 23.0. The number of aromatic nitrogens is 1. The van der Waals surface area contributed by atoms with Crippen molar-refractivity contribution in [2.24, 2.45) is 0 Å². The molecule has 0 atom stereocenters. The predicted molar refractivity (Wildman–Crippen MR) is 168 cm³/mol. The Kier molecular flexibility index (Phi) is 7.51. The zero-order valence-electron chi connectivity index (χ0n) is 23.0. The Balaban J connectivity index is 1.25. The van der Waals surface area contributed by atoms with Crippen molar-refractivity contribution in [1.29, 1.82) is 0 Å². The van der Waals surface area contributed by atoms with Crippen molar-refractivity contribution < 1.29 is 9.90 Å². The lowest BCUT2D eigenvalue weighted by atomic mass is 10.1. The molecule has 6 rings (SSSR count). The Morgan fingerprint density at radius 3 is 2.24 bits per heavy atom. The molecule has 1 aliphatic heterocycles. The van der Waals surface area contributed by atoms with Gasteiger partial charge in [-0.3, -0.25) is 9.59 Å². The highest BCUT2D eigenvalue weighted by atomic mass is 16.4. The van der Waals surface area contributed by atoms with Crippen LogP contribution in [0.2, 0.25) is 0 Å². The lowest BCUT2D eigenvalue weighted by Gasteiger charge is -2.26. The summed E-state index contributed by atoms with van der Waals surface area (Å²) in [4.78, 5) is 43.7. The standard InChI is InChI=1S/C34H30N4O4/c39-31-29(30(32(31)40)38-18-8-1-2-9-19-38)36-28(34(41)42)20-22-14-16-25(17-15-22)35-33-26-13-7-6-12-24(26)21-27(37-33)23-10-4-3-5-11-23/h3-7,10-17,20-21,36H,1-2,8-9,18-19H2,(H,35,37)(H,41,42). The number of carbonyl (C=O) groups is 1. The molecule has 0 radical (unpaired) electrons. The van der Waals surface area contributed by atoms with Crippen molar-refractivity contribution in [3.05, 3.63) is 117 Å². The van der Waals surface area contributed by atoms with Crippen LogP contribution in [0.1, 0.15) is 31.2 Å². The first-order chi connectivity index (χ1) is 20.5.